The molecule has 2 heterocycles. The third-order valence-electron chi connectivity index (χ3n) is 3.14. The molecule has 5 nitrogen and oxygen atoms in total. The van der Waals surface area contributed by atoms with Crippen LogP contribution in [0, 0.1) is 5.92 Å². The van der Waals surface area contributed by atoms with Crippen molar-refractivity contribution in [3.8, 4) is 5.88 Å². The Balaban J connectivity index is 1.42. The summed E-state index contributed by atoms with van der Waals surface area (Å²) in [5.41, 5.74) is 1.14. The summed E-state index contributed by atoms with van der Waals surface area (Å²) in [5, 5.41) is 3.31. The van der Waals surface area contributed by atoms with E-state index in [2.05, 4.69) is 20.3 Å². The Kier molecular flexibility index (Phi) is 3.74. The zero-order chi connectivity index (χ0) is 12.9. The monoisotopic (exact) mass is 258 g/mol. The van der Waals surface area contributed by atoms with Crippen molar-refractivity contribution in [1.29, 1.82) is 0 Å². The lowest BCUT2D eigenvalue weighted by Crippen LogP contribution is -2.13. The van der Waals surface area contributed by atoms with Gasteiger partial charge in [-0.05, 0) is 24.3 Å². The van der Waals surface area contributed by atoms with Gasteiger partial charge < -0.3 is 15.0 Å². The summed E-state index contributed by atoms with van der Waals surface area (Å²) in [7, 11) is 0. The molecular weight excluding hydrogens is 240 g/mol. The highest BCUT2D eigenvalue weighted by Crippen LogP contribution is 2.29. The number of nitrogens with one attached hydrogen (secondary N) is 2. The number of pyridine rings is 1. The van der Waals surface area contributed by atoms with E-state index in [4.69, 9.17) is 4.74 Å². The van der Waals surface area contributed by atoms with Crippen LogP contribution in [0.25, 0.3) is 0 Å². The third kappa shape index (κ3) is 3.79. The first-order valence-electron chi connectivity index (χ1n) is 6.67. The van der Waals surface area contributed by atoms with Gasteiger partial charge in [0.25, 0.3) is 0 Å². The van der Waals surface area contributed by atoms with Gasteiger partial charge in [0.1, 0.15) is 5.82 Å². The van der Waals surface area contributed by atoms with Gasteiger partial charge in [0.2, 0.25) is 5.88 Å². The minimum atomic E-state index is 0.724. The fraction of sp³-hybridized carbons (Fsp3) is 0.429. The Hall–Kier alpha value is -1.88. The highest BCUT2D eigenvalue weighted by molar-refractivity contribution is 5.17. The Bertz CT molecular complexity index is 491. The van der Waals surface area contributed by atoms with Crippen molar-refractivity contribution in [2.24, 2.45) is 5.92 Å². The molecule has 2 aromatic heterocycles. The molecule has 0 amide bonds. The fourth-order valence-electron chi connectivity index (χ4n) is 1.81. The number of aromatic amines is 1. The molecule has 0 radical (unpaired) electrons. The summed E-state index contributed by atoms with van der Waals surface area (Å²) in [6.07, 6.45) is 8.04. The maximum absolute atomic E-state index is 5.60. The lowest BCUT2D eigenvalue weighted by Gasteiger charge is -2.06. The maximum Gasteiger partial charge on any atom is 0.213 e. The molecule has 100 valence electrons. The molecule has 1 saturated carbocycles. The molecule has 5 heteroatoms. The van der Waals surface area contributed by atoms with Gasteiger partial charge in [-0.15, -0.1) is 0 Å². The number of nitrogens with zero attached hydrogens (tertiary/aromatic N) is 2. The van der Waals surface area contributed by atoms with Gasteiger partial charge >= 0.3 is 0 Å². The second-order valence-corrected chi connectivity index (χ2v) is 4.90. The second-order valence-electron chi connectivity index (χ2n) is 4.90. The zero-order valence-corrected chi connectivity index (χ0v) is 10.8. The van der Waals surface area contributed by atoms with E-state index < -0.39 is 0 Å². The molecule has 2 aromatic rings. The van der Waals surface area contributed by atoms with Crippen LogP contribution < -0.4 is 10.1 Å². The number of ether oxygens (including phenoxy) is 1. The molecule has 1 aliphatic rings. The molecule has 0 aliphatic heterocycles. The Labute approximate surface area is 112 Å². The highest BCUT2D eigenvalue weighted by Gasteiger charge is 2.21. The third-order valence-corrected chi connectivity index (χ3v) is 3.14. The number of rotatable bonds is 7. The van der Waals surface area contributed by atoms with E-state index in [1.165, 1.54) is 12.8 Å². The molecule has 0 bridgehead atoms. The Morgan fingerprint density at radius 1 is 1.26 bits per heavy atom. The Morgan fingerprint density at radius 3 is 2.89 bits per heavy atom. The molecule has 0 saturated heterocycles. The van der Waals surface area contributed by atoms with Crippen molar-refractivity contribution in [1.82, 2.24) is 20.3 Å². The molecule has 19 heavy (non-hydrogen) atoms. The standard InChI is InChI=1S/C14H18N4O/c1-2-11(1)10-19-14-4-3-12(8-18-14)7-15-9-13-16-5-6-17-13/h3-6,8,11,15H,1-2,7,9-10H2,(H,16,17). The molecular formula is C14H18N4O. The lowest BCUT2D eigenvalue weighted by molar-refractivity contribution is 0.288. The van der Waals surface area contributed by atoms with Crippen LogP contribution in [-0.4, -0.2) is 21.6 Å². The number of aromatic nitrogens is 3. The van der Waals surface area contributed by atoms with Crippen LogP contribution in [-0.2, 0) is 13.1 Å². The molecule has 1 fully saturated rings. The molecule has 0 atom stereocenters. The van der Waals surface area contributed by atoms with E-state index in [9.17, 15) is 0 Å². The zero-order valence-electron chi connectivity index (χ0n) is 10.8. The van der Waals surface area contributed by atoms with Crippen molar-refractivity contribution in [3.63, 3.8) is 0 Å². The van der Waals surface area contributed by atoms with Crippen molar-refractivity contribution < 1.29 is 4.74 Å². The predicted molar refractivity (Wildman–Crippen MR) is 71.6 cm³/mol. The second kappa shape index (κ2) is 5.84. The number of imidazole rings is 1. The summed E-state index contributed by atoms with van der Waals surface area (Å²) in [6, 6.07) is 3.98. The average Bonchev–Trinajstić information content (AvgIpc) is 3.13. The van der Waals surface area contributed by atoms with Gasteiger partial charge in [-0.1, -0.05) is 6.07 Å². The normalized spacial score (nSPS) is 14.5. The summed E-state index contributed by atoms with van der Waals surface area (Å²) in [6.45, 7) is 2.31. The average molecular weight is 258 g/mol. The van der Waals surface area contributed by atoms with Crippen LogP contribution in [0.15, 0.2) is 30.7 Å². The van der Waals surface area contributed by atoms with Crippen molar-refractivity contribution in [3.05, 3.63) is 42.1 Å². The first-order chi connectivity index (χ1) is 9.40. The van der Waals surface area contributed by atoms with E-state index in [1.54, 1.807) is 6.20 Å². The SMILES string of the molecule is c1c[nH]c(CNCc2ccc(OCC3CC3)nc2)n1. The summed E-state index contributed by atoms with van der Waals surface area (Å²) in [5.74, 6) is 2.43. The van der Waals surface area contributed by atoms with Crippen LogP contribution in [0.1, 0.15) is 24.2 Å². The van der Waals surface area contributed by atoms with Crippen LogP contribution >= 0.6 is 0 Å². The van der Waals surface area contributed by atoms with Crippen molar-refractivity contribution >= 4 is 0 Å². The highest BCUT2D eigenvalue weighted by atomic mass is 16.5. The lowest BCUT2D eigenvalue weighted by atomic mass is 10.3. The van der Waals surface area contributed by atoms with Gasteiger partial charge in [-0.3, -0.25) is 0 Å². The predicted octanol–water partition coefficient (Wildman–Crippen LogP) is 1.88. The van der Waals surface area contributed by atoms with E-state index in [1.807, 2.05) is 24.5 Å². The molecule has 0 spiro atoms. The number of H-pyrrole nitrogens is 1. The van der Waals surface area contributed by atoms with E-state index in [0.29, 0.717) is 0 Å². The smallest absolute Gasteiger partial charge is 0.213 e. The van der Waals surface area contributed by atoms with Crippen LogP contribution in [0.4, 0.5) is 0 Å². The van der Waals surface area contributed by atoms with Gasteiger partial charge in [0, 0.05) is 31.2 Å². The molecule has 2 N–H and O–H groups in total. The quantitative estimate of drug-likeness (QED) is 0.796. The minimum absolute atomic E-state index is 0.724. The summed E-state index contributed by atoms with van der Waals surface area (Å²) in [4.78, 5) is 11.5. The molecule has 3 rings (SSSR count). The molecule has 0 aromatic carbocycles. The fourth-order valence-corrected chi connectivity index (χ4v) is 1.81. The number of hydrogen-bond donors (Lipinski definition) is 2. The first kappa shape index (κ1) is 12.2. The van der Waals surface area contributed by atoms with Crippen LogP contribution in [0.5, 0.6) is 5.88 Å². The van der Waals surface area contributed by atoms with E-state index in [-0.39, 0.29) is 0 Å². The van der Waals surface area contributed by atoms with Crippen molar-refractivity contribution in [2.75, 3.05) is 6.61 Å². The van der Waals surface area contributed by atoms with Gasteiger partial charge in [0.15, 0.2) is 0 Å². The largest absolute Gasteiger partial charge is 0.477 e. The topological polar surface area (TPSA) is 62.8 Å². The van der Waals surface area contributed by atoms with Crippen molar-refractivity contribution in [2.45, 2.75) is 25.9 Å². The minimum Gasteiger partial charge on any atom is -0.477 e. The maximum atomic E-state index is 5.60. The molecule has 0 unspecified atom stereocenters. The van der Waals surface area contributed by atoms with E-state index >= 15 is 0 Å². The van der Waals surface area contributed by atoms with Gasteiger partial charge in [-0.25, -0.2) is 9.97 Å². The van der Waals surface area contributed by atoms with Gasteiger partial charge in [0.05, 0.1) is 13.2 Å². The Morgan fingerprint density at radius 2 is 2.21 bits per heavy atom. The summed E-state index contributed by atoms with van der Waals surface area (Å²) >= 11 is 0. The van der Waals surface area contributed by atoms with Gasteiger partial charge in [-0.2, -0.15) is 0 Å². The number of hydrogen-bond acceptors (Lipinski definition) is 4. The van der Waals surface area contributed by atoms with Crippen LogP contribution in [0.3, 0.4) is 0 Å². The van der Waals surface area contributed by atoms with E-state index in [0.717, 1.165) is 42.9 Å². The molecule has 1 aliphatic carbocycles. The first-order valence-corrected chi connectivity index (χ1v) is 6.67. The van der Waals surface area contributed by atoms with Crippen LogP contribution in [0.2, 0.25) is 0 Å². The summed E-state index contributed by atoms with van der Waals surface area (Å²) < 4.78 is 5.60.